The normalized spacial score (nSPS) is 13.8. The van der Waals surface area contributed by atoms with Crippen LogP contribution in [0.5, 0.6) is 17.2 Å². The smallest absolute Gasteiger partial charge is 0.508 e. The number of rotatable bonds is 31. The molecule has 0 unspecified atom stereocenters. The van der Waals surface area contributed by atoms with Crippen molar-refractivity contribution in [2.24, 2.45) is 0 Å². The monoisotopic (exact) mass is 1150 g/mol. The summed E-state index contributed by atoms with van der Waals surface area (Å²) in [5, 5.41) is 20.4. The lowest BCUT2D eigenvalue weighted by atomic mass is 9.96. The number of hydrogen-bond donors (Lipinski definition) is 2. The first-order chi connectivity index (χ1) is 38.1. The van der Waals surface area contributed by atoms with Gasteiger partial charge in [0, 0.05) is 43.6 Å². The first-order valence-electron chi connectivity index (χ1n) is 26.0. The zero-order valence-corrected chi connectivity index (χ0v) is 50.5. The number of aromatic hydroxyl groups is 2. The minimum absolute atomic E-state index is 0.0869. The van der Waals surface area contributed by atoms with Crippen LogP contribution in [0.2, 0.25) is 12.1 Å². The molecule has 434 valence electrons. The largest absolute Gasteiger partial charge is 0.698 e. The highest BCUT2D eigenvalue weighted by Crippen LogP contribution is 2.35. The van der Waals surface area contributed by atoms with Gasteiger partial charge in [0.15, 0.2) is 41.5 Å². The van der Waals surface area contributed by atoms with Crippen LogP contribution in [0.3, 0.4) is 0 Å². The molecular weight excluding hydrogens is 1080 g/mol. The van der Waals surface area contributed by atoms with Gasteiger partial charge in [-0.25, -0.2) is 4.39 Å². The van der Waals surface area contributed by atoms with Gasteiger partial charge in [-0.1, -0.05) is 36.4 Å². The second-order valence-corrected chi connectivity index (χ2v) is 24.1. The summed E-state index contributed by atoms with van der Waals surface area (Å²) in [6, 6.07) is 24.3. The number of phenolic OH excluding ortho intramolecular Hbond substituents is 2. The number of aryl methyl sites for hydroxylation is 2. The summed E-state index contributed by atoms with van der Waals surface area (Å²) >= 11 is 0. The van der Waals surface area contributed by atoms with Crippen molar-refractivity contribution in [2.45, 2.75) is 121 Å². The molecule has 0 saturated heterocycles. The third kappa shape index (κ3) is 25.2. The van der Waals surface area contributed by atoms with Gasteiger partial charge >= 0.3 is 17.6 Å². The molecule has 2 N–H and O–H groups in total. The second kappa shape index (κ2) is 32.8. The number of benzene rings is 4. The summed E-state index contributed by atoms with van der Waals surface area (Å²) in [7, 11) is -5.90. The number of halogens is 1. The maximum absolute atomic E-state index is 13.5. The van der Waals surface area contributed by atoms with E-state index in [9.17, 15) is 43.4 Å². The van der Waals surface area contributed by atoms with Gasteiger partial charge in [0.05, 0.1) is 46.6 Å². The number of allylic oxidation sites excluding steroid dienone is 12. The minimum Gasteiger partial charge on any atom is -0.508 e. The zero-order valence-electron chi connectivity index (χ0n) is 48.5. The fourth-order valence-corrected chi connectivity index (χ4v) is 13.8. The Labute approximate surface area is 476 Å². The SMILES string of the molecule is CC(=O)C=C(C)O[Si](CCCc1cc(O)ccc1-c1ccc(F)cc1)(OC(C)=CC(C)=O)OC(C)=CC(C)=O.COCOc1ccc(-c2ccc(O)cc2CCC[Si](OC(C)=CC(C)=O)(OC(C)=CC(C)=O)OC(C)=CC(C)=O)cc1. The van der Waals surface area contributed by atoms with Gasteiger partial charge in [0.1, 0.15) is 23.1 Å². The molecule has 4 aromatic rings. The zero-order chi connectivity index (χ0) is 60.5. The molecule has 0 spiro atoms. The maximum Gasteiger partial charge on any atom is 0.698 e. The van der Waals surface area contributed by atoms with Crippen LogP contribution < -0.4 is 4.74 Å². The molecule has 81 heavy (non-hydrogen) atoms. The van der Waals surface area contributed by atoms with Crippen LogP contribution in [-0.2, 0) is 72.9 Å². The van der Waals surface area contributed by atoms with E-state index in [0.717, 1.165) is 33.4 Å². The van der Waals surface area contributed by atoms with Crippen LogP contribution in [0.15, 0.2) is 156 Å². The van der Waals surface area contributed by atoms with E-state index in [1.165, 1.54) is 90.1 Å². The lowest BCUT2D eigenvalue weighted by Gasteiger charge is -2.31. The average Bonchev–Trinajstić information content (AvgIpc) is 3.39. The molecule has 0 aromatic heterocycles. The number of hydrogen-bond acceptors (Lipinski definition) is 16. The predicted octanol–water partition coefficient (Wildman–Crippen LogP) is 13.0. The number of phenols is 2. The van der Waals surface area contributed by atoms with E-state index in [-0.39, 0.29) is 105 Å². The van der Waals surface area contributed by atoms with E-state index in [1.54, 1.807) is 91.1 Å². The van der Waals surface area contributed by atoms with E-state index in [0.29, 0.717) is 31.4 Å². The molecule has 4 rings (SSSR count). The summed E-state index contributed by atoms with van der Waals surface area (Å²) in [4.78, 5) is 70.5. The molecule has 16 nitrogen and oxygen atoms in total. The molecule has 0 heterocycles. The van der Waals surface area contributed by atoms with Crippen molar-refractivity contribution in [2.75, 3.05) is 13.9 Å². The maximum atomic E-state index is 13.5. The van der Waals surface area contributed by atoms with Gasteiger partial charge in [-0.3, -0.25) is 28.8 Å². The van der Waals surface area contributed by atoms with Gasteiger partial charge in [0.2, 0.25) is 0 Å². The van der Waals surface area contributed by atoms with Crippen molar-refractivity contribution in [3.05, 3.63) is 173 Å². The number of ketones is 6. The number of carbonyl (C=O) groups is 6. The van der Waals surface area contributed by atoms with Gasteiger partial charge < -0.3 is 46.2 Å². The Morgan fingerprint density at radius 2 is 0.716 bits per heavy atom. The summed E-state index contributed by atoms with van der Waals surface area (Å²) < 4.78 is 61.2. The van der Waals surface area contributed by atoms with Crippen LogP contribution in [-0.4, -0.2) is 76.4 Å². The molecule has 0 atom stereocenters. The molecule has 19 heteroatoms. The van der Waals surface area contributed by atoms with Crippen molar-refractivity contribution in [1.82, 2.24) is 0 Å². The Morgan fingerprint density at radius 1 is 0.432 bits per heavy atom. The van der Waals surface area contributed by atoms with Gasteiger partial charge in [-0.2, -0.15) is 0 Å². The van der Waals surface area contributed by atoms with Crippen molar-refractivity contribution in [1.29, 1.82) is 0 Å². The Bertz CT molecular complexity index is 2880. The highest BCUT2D eigenvalue weighted by molar-refractivity contribution is 6.62. The van der Waals surface area contributed by atoms with Crippen molar-refractivity contribution in [3.63, 3.8) is 0 Å². The summed E-state index contributed by atoms with van der Waals surface area (Å²) in [5.74, 6) is 0.852. The summed E-state index contributed by atoms with van der Waals surface area (Å²) in [5.41, 5.74) is 5.17. The standard InChI is InChI=1S/C32H40O9Si.C30H35FO7Si/c1-22(33)17-25(4)39-42(40-26(5)18-23(2)34,41-27(6)19-24(3)35)16-8-9-29-20-30(36)12-15-32(29)28-10-13-31(14-11-28)38-21-37-7;1-20(32)16-23(4)36-39(37-24(5)17-21(2)33,38-25(6)18-22(3)34)15-7-8-27-19-29(35)13-14-30(27)26-9-11-28(31)12-10-26/h10-15,17-20,36H,8-9,16,21H2,1-7H3;9-14,16-19,35H,7-8,15H2,1-6H3. The third-order valence-electron chi connectivity index (χ3n) is 11.0. The van der Waals surface area contributed by atoms with Gasteiger partial charge in [-0.05, 0) is 191 Å². The van der Waals surface area contributed by atoms with E-state index in [4.69, 9.17) is 36.0 Å². The molecule has 4 aromatic carbocycles. The third-order valence-corrected chi connectivity index (χ3v) is 16.8. The topological polar surface area (TPSA) is 217 Å². The summed E-state index contributed by atoms with van der Waals surface area (Å²) in [6.45, 7) is 18.2. The molecule has 0 fully saturated rings. The molecule has 0 saturated carbocycles. The van der Waals surface area contributed by atoms with Gasteiger partial charge in [-0.15, -0.1) is 0 Å². The lowest BCUT2D eigenvalue weighted by molar-refractivity contribution is -0.113. The minimum atomic E-state index is -3.73. The second-order valence-electron chi connectivity index (χ2n) is 19.1. The Morgan fingerprint density at radius 3 is 0.988 bits per heavy atom. The predicted molar refractivity (Wildman–Crippen MR) is 310 cm³/mol. The van der Waals surface area contributed by atoms with Crippen LogP contribution in [0.25, 0.3) is 22.3 Å². The molecule has 0 bridgehead atoms. The quantitative estimate of drug-likeness (QED) is 0.0207. The number of carbonyl (C=O) groups excluding carboxylic acids is 6. The molecule has 0 amide bonds. The van der Waals surface area contributed by atoms with Crippen LogP contribution in [0, 0.1) is 5.82 Å². The lowest BCUT2D eigenvalue weighted by Crippen LogP contribution is -2.45. The van der Waals surface area contributed by atoms with Crippen molar-refractivity contribution >= 4 is 52.3 Å². The molecule has 0 aliphatic rings. The highest BCUT2D eigenvalue weighted by atomic mass is 28.4. The van der Waals surface area contributed by atoms with E-state index < -0.39 is 17.6 Å². The van der Waals surface area contributed by atoms with Crippen molar-refractivity contribution < 1.29 is 79.4 Å². The first kappa shape index (κ1) is 67.1. The Kier molecular flexibility index (Phi) is 27.2. The fourth-order valence-electron chi connectivity index (χ4n) is 8.41. The Balaban J connectivity index is 0.000000426. The molecule has 0 aliphatic carbocycles. The van der Waals surface area contributed by atoms with E-state index in [1.807, 2.05) is 30.3 Å². The molecular formula is C62H75FO16Si2. The van der Waals surface area contributed by atoms with Crippen molar-refractivity contribution in [3.8, 4) is 39.5 Å². The van der Waals surface area contributed by atoms with E-state index in [2.05, 4.69) is 0 Å². The number of ether oxygens (including phenoxy) is 2. The van der Waals surface area contributed by atoms with Gasteiger partial charge in [0.25, 0.3) is 0 Å². The average molecular weight is 1150 g/mol. The first-order valence-corrected chi connectivity index (χ1v) is 29.9. The fraction of sp³-hybridized carbons (Fsp3) is 0.323. The molecule has 0 aliphatic heterocycles. The van der Waals surface area contributed by atoms with Crippen LogP contribution in [0.4, 0.5) is 4.39 Å². The van der Waals surface area contributed by atoms with Crippen LogP contribution >= 0.6 is 0 Å². The molecule has 0 radical (unpaired) electrons. The van der Waals surface area contributed by atoms with Crippen LogP contribution in [0.1, 0.15) is 107 Å². The number of methoxy groups -OCH3 is 1. The highest BCUT2D eigenvalue weighted by Gasteiger charge is 2.50. The summed E-state index contributed by atoms with van der Waals surface area (Å²) in [6.07, 6.45) is 9.84. The van der Waals surface area contributed by atoms with E-state index >= 15 is 0 Å². The Hall–Kier alpha value is -8.14.